The Balaban J connectivity index is 1.70. The number of hydrogen-bond acceptors (Lipinski definition) is 2. The Hall–Kier alpha value is -2.29. The standard InChI is InChI=1S/C17H18N2O/c18-15-9-5-4-6-13(15)12-19-16(20)17(10-11-17)14-7-2-1-3-8-14/h1-9H,10-12,18H2,(H,19,20). The third kappa shape index (κ3) is 2.27. The number of hydrogen-bond donors (Lipinski definition) is 2. The Bertz CT molecular complexity index is 618. The second-order valence-electron chi connectivity index (χ2n) is 5.33. The van der Waals surface area contributed by atoms with E-state index in [9.17, 15) is 4.79 Å². The minimum atomic E-state index is -0.315. The monoisotopic (exact) mass is 266 g/mol. The first-order chi connectivity index (χ1) is 9.72. The number of nitrogens with two attached hydrogens (primary N) is 1. The van der Waals surface area contributed by atoms with Crippen LogP contribution in [0.25, 0.3) is 0 Å². The fraction of sp³-hybridized carbons (Fsp3) is 0.235. The number of carbonyl (C=O) groups is 1. The van der Waals surface area contributed by atoms with Crippen molar-refractivity contribution in [3.05, 3.63) is 65.7 Å². The van der Waals surface area contributed by atoms with Crippen molar-refractivity contribution < 1.29 is 4.79 Å². The molecular weight excluding hydrogens is 248 g/mol. The summed E-state index contributed by atoms with van der Waals surface area (Å²) in [6.45, 7) is 0.486. The predicted molar refractivity (Wildman–Crippen MR) is 80.1 cm³/mol. The summed E-state index contributed by atoms with van der Waals surface area (Å²) in [5.74, 6) is 0.104. The molecule has 20 heavy (non-hydrogen) atoms. The van der Waals surface area contributed by atoms with E-state index in [2.05, 4.69) is 5.32 Å². The van der Waals surface area contributed by atoms with Crippen molar-refractivity contribution >= 4 is 11.6 Å². The predicted octanol–water partition coefficient (Wildman–Crippen LogP) is 2.62. The Morgan fingerprint density at radius 3 is 2.35 bits per heavy atom. The highest BCUT2D eigenvalue weighted by atomic mass is 16.2. The van der Waals surface area contributed by atoms with Crippen LogP contribution in [0.4, 0.5) is 5.69 Å². The first-order valence-electron chi connectivity index (χ1n) is 6.90. The maximum Gasteiger partial charge on any atom is 0.230 e. The molecule has 0 bridgehead atoms. The van der Waals surface area contributed by atoms with Crippen LogP contribution in [0.1, 0.15) is 24.0 Å². The molecule has 0 spiro atoms. The molecule has 1 aliphatic carbocycles. The van der Waals surface area contributed by atoms with Crippen LogP contribution in [-0.4, -0.2) is 5.91 Å². The van der Waals surface area contributed by atoms with Gasteiger partial charge >= 0.3 is 0 Å². The van der Waals surface area contributed by atoms with Gasteiger partial charge in [0.2, 0.25) is 5.91 Å². The van der Waals surface area contributed by atoms with E-state index in [1.165, 1.54) is 0 Å². The highest BCUT2D eigenvalue weighted by Crippen LogP contribution is 2.48. The Morgan fingerprint density at radius 2 is 1.70 bits per heavy atom. The van der Waals surface area contributed by atoms with E-state index < -0.39 is 0 Å². The van der Waals surface area contributed by atoms with Crippen molar-refractivity contribution in [2.45, 2.75) is 24.8 Å². The molecule has 2 aromatic carbocycles. The molecule has 0 aliphatic heterocycles. The quantitative estimate of drug-likeness (QED) is 0.836. The normalized spacial score (nSPS) is 15.6. The van der Waals surface area contributed by atoms with Crippen molar-refractivity contribution in [2.75, 3.05) is 5.73 Å². The minimum Gasteiger partial charge on any atom is -0.398 e. The fourth-order valence-electron chi connectivity index (χ4n) is 2.57. The fourth-order valence-corrected chi connectivity index (χ4v) is 2.57. The molecule has 1 saturated carbocycles. The van der Waals surface area contributed by atoms with E-state index >= 15 is 0 Å². The van der Waals surface area contributed by atoms with Crippen LogP contribution in [0.15, 0.2) is 54.6 Å². The maximum absolute atomic E-state index is 12.5. The van der Waals surface area contributed by atoms with Crippen LogP contribution < -0.4 is 11.1 Å². The van der Waals surface area contributed by atoms with Gasteiger partial charge in [0.15, 0.2) is 0 Å². The van der Waals surface area contributed by atoms with Crippen LogP contribution in [0, 0.1) is 0 Å². The summed E-state index contributed by atoms with van der Waals surface area (Å²) in [5, 5.41) is 3.02. The second kappa shape index (κ2) is 5.00. The molecule has 0 aromatic heterocycles. The summed E-state index contributed by atoms with van der Waals surface area (Å²) in [6.07, 6.45) is 1.85. The van der Waals surface area contributed by atoms with E-state index in [0.717, 1.165) is 29.7 Å². The van der Waals surface area contributed by atoms with Gasteiger partial charge in [-0.15, -0.1) is 0 Å². The van der Waals surface area contributed by atoms with Gasteiger partial charge in [-0.2, -0.15) is 0 Å². The van der Waals surface area contributed by atoms with Crippen molar-refractivity contribution in [1.29, 1.82) is 0 Å². The number of rotatable bonds is 4. The van der Waals surface area contributed by atoms with Crippen molar-refractivity contribution in [3.8, 4) is 0 Å². The summed E-state index contributed by atoms with van der Waals surface area (Å²) >= 11 is 0. The van der Waals surface area contributed by atoms with E-state index in [1.54, 1.807) is 0 Å². The van der Waals surface area contributed by atoms with E-state index in [4.69, 9.17) is 5.73 Å². The first kappa shape index (κ1) is 12.7. The Kier molecular flexibility index (Phi) is 3.18. The summed E-state index contributed by atoms with van der Waals surface area (Å²) in [4.78, 5) is 12.5. The second-order valence-corrected chi connectivity index (χ2v) is 5.33. The van der Waals surface area contributed by atoms with Gasteiger partial charge in [0, 0.05) is 12.2 Å². The average molecular weight is 266 g/mol. The van der Waals surface area contributed by atoms with Gasteiger partial charge in [0.05, 0.1) is 5.41 Å². The largest absolute Gasteiger partial charge is 0.398 e. The highest BCUT2D eigenvalue weighted by molar-refractivity contribution is 5.91. The molecule has 102 valence electrons. The number of para-hydroxylation sites is 1. The molecular formula is C17H18N2O. The number of anilines is 1. The highest BCUT2D eigenvalue weighted by Gasteiger charge is 2.50. The molecule has 3 rings (SSSR count). The zero-order valence-electron chi connectivity index (χ0n) is 11.3. The molecule has 0 radical (unpaired) electrons. The van der Waals surface area contributed by atoms with Crippen LogP contribution in [0.5, 0.6) is 0 Å². The topological polar surface area (TPSA) is 55.1 Å². The number of nitrogens with one attached hydrogen (secondary N) is 1. The molecule has 0 atom stereocenters. The molecule has 1 fully saturated rings. The molecule has 3 nitrogen and oxygen atoms in total. The lowest BCUT2D eigenvalue weighted by molar-refractivity contribution is -0.123. The third-order valence-corrected chi connectivity index (χ3v) is 4.01. The van der Waals surface area contributed by atoms with Crippen LogP contribution >= 0.6 is 0 Å². The SMILES string of the molecule is Nc1ccccc1CNC(=O)C1(c2ccccc2)CC1. The number of nitrogen functional groups attached to an aromatic ring is 1. The van der Waals surface area contributed by atoms with Crippen molar-refractivity contribution in [2.24, 2.45) is 0 Å². The molecule has 0 unspecified atom stereocenters. The van der Waals surface area contributed by atoms with Crippen molar-refractivity contribution in [3.63, 3.8) is 0 Å². The van der Waals surface area contributed by atoms with Gasteiger partial charge in [0.25, 0.3) is 0 Å². The summed E-state index contributed by atoms with van der Waals surface area (Å²) in [6, 6.07) is 17.6. The lowest BCUT2D eigenvalue weighted by Crippen LogP contribution is -2.34. The van der Waals surface area contributed by atoms with Gasteiger partial charge in [0.1, 0.15) is 0 Å². The van der Waals surface area contributed by atoms with Crippen molar-refractivity contribution in [1.82, 2.24) is 5.32 Å². The van der Waals surface area contributed by atoms with Gasteiger partial charge in [-0.1, -0.05) is 48.5 Å². The van der Waals surface area contributed by atoms with Gasteiger partial charge in [-0.05, 0) is 30.0 Å². The molecule has 1 amide bonds. The molecule has 0 saturated heterocycles. The average Bonchev–Trinajstić information content (AvgIpc) is 3.29. The van der Waals surface area contributed by atoms with E-state index in [-0.39, 0.29) is 11.3 Å². The van der Waals surface area contributed by atoms with Crippen LogP contribution in [0.3, 0.4) is 0 Å². The van der Waals surface area contributed by atoms with Crippen LogP contribution in [-0.2, 0) is 16.8 Å². The number of amides is 1. The summed E-state index contributed by atoms with van der Waals surface area (Å²) in [5.41, 5.74) is 8.37. The molecule has 3 N–H and O–H groups in total. The molecule has 1 aliphatic rings. The minimum absolute atomic E-state index is 0.104. The molecule has 2 aromatic rings. The van der Waals surface area contributed by atoms with Gasteiger partial charge in [-0.3, -0.25) is 4.79 Å². The molecule has 3 heteroatoms. The van der Waals surface area contributed by atoms with E-state index in [1.807, 2.05) is 54.6 Å². The van der Waals surface area contributed by atoms with Gasteiger partial charge in [-0.25, -0.2) is 0 Å². The smallest absolute Gasteiger partial charge is 0.230 e. The van der Waals surface area contributed by atoms with Gasteiger partial charge < -0.3 is 11.1 Å². The molecule has 0 heterocycles. The zero-order valence-corrected chi connectivity index (χ0v) is 11.3. The number of carbonyl (C=O) groups excluding carboxylic acids is 1. The Morgan fingerprint density at radius 1 is 1.05 bits per heavy atom. The maximum atomic E-state index is 12.5. The third-order valence-electron chi connectivity index (χ3n) is 4.01. The van der Waals surface area contributed by atoms with E-state index in [0.29, 0.717) is 6.54 Å². The lowest BCUT2D eigenvalue weighted by atomic mass is 9.95. The lowest BCUT2D eigenvalue weighted by Gasteiger charge is -2.16. The van der Waals surface area contributed by atoms with Crippen LogP contribution in [0.2, 0.25) is 0 Å². The first-order valence-corrected chi connectivity index (χ1v) is 6.90. The Labute approximate surface area is 118 Å². The summed E-state index contributed by atoms with van der Waals surface area (Å²) < 4.78 is 0. The summed E-state index contributed by atoms with van der Waals surface area (Å²) in [7, 11) is 0. The number of benzene rings is 2. The zero-order chi connectivity index (χ0) is 14.0.